The Bertz CT molecular complexity index is 803. The Hall–Kier alpha value is -2.97. The largest absolute Gasteiger partial charge is 0.394 e. The molecule has 0 bridgehead atoms. The molecular weight excluding hydrogens is 384 g/mol. The maximum absolute atomic E-state index is 12.2. The molecular formula is C22H28N4O4. The van der Waals surface area contributed by atoms with Crippen LogP contribution >= 0.6 is 0 Å². The molecule has 1 saturated heterocycles. The summed E-state index contributed by atoms with van der Waals surface area (Å²) >= 11 is 0. The lowest BCUT2D eigenvalue weighted by atomic mass is 9.97. The number of nitrogens with one attached hydrogen (secondary N) is 3. The number of aromatic nitrogens is 1. The van der Waals surface area contributed by atoms with Gasteiger partial charge in [-0.05, 0) is 43.5 Å². The normalized spacial score (nSPS) is 20.9. The lowest BCUT2D eigenvalue weighted by Crippen LogP contribution is -2.52. The second-order valence-corrected chi connectivity index (χ2v) is 7.26. The van der Waals surface area contributed by atoms with Gasteiger partial charge in [0.15, 0.2) is 0 Å². The summed E-state index contributed by atoms with van der Waals surface area (Å²) in [5.41, 5.74) is 1.43. The molecule has 3 amide bonds. The molecule has 1 aromatic heterocycles. The Labute approximate surface area is 176 Å². The van der Waals surface area contributed by atoms with Gasteiger partial charge in [0, 0.05) is 24.1 Å². The molecule has 1 fully saturated rings. The minimum absolute atomic E-state index is 0.0764. The minimum atomic E-state index is -0.477. The zero-order valence-electron chi connectivity index (χ0n) is 16.8. The van der Waals surface area contributed by atoms with Gasteiger partial charge in [-0.2, -0.15) is 0 Å². The third-order valence-electron chi connectivity index (χ3n) is 5.00. The third-order valence-corrected chi connectivity index (χ3v) is 5.00. The van der Waals surface area contributed by atoms with Crippen LogP contribution < -0.4 is 16.0 Å². The van der Waals surface area contributed by atoms with Crippen molar-refractivity contribution in [3.05, 3.63) is 60.4 Å². The topological polar surface area (TPSA) is 113 Å². The number of aliphatic hydroxyl groups excluding tert-OH is 1. The lowest BCUT2D eigenvalue weighted by Gasteiger charge is -2.36. The van der Waals surface area contributed by atoms with Crippen LogP contribution in [-0.2, 0) is 16.0 Å². The minimum Gasteiger partial charge on any atom is -0.394 e. The molecule has 30 heavy (non-hydrogen) atoms. The number of rotatable bonds is 8. The standard InChI is InChI=1S/C22H28N4O4/c27-15-20-19(26-22(29)25-16-6-2-1-3-7-16)10-9-18(30-20)11-13-24-21(28)14-17-8-4-5-12-23-17/h1-8,12,18-20,27H,9-11,13-15H2,(H,24,28)(H2,25,26,29)/t18-,19-,20+/m1/s1. The van der Waals surface area contributed by atoms with E-state index in [1.807, 2.05) is 36.4 Å². The van der Waals surface area contributed by atoms with Gasteiger partial charge in [-0.1, -0.05) is 24.3 Å². The second-order valence-electron chi connectivity index (χ2n) is 7.26. The van der Waals surface area contributed by atoms with E-state index in [-0.39, 0.29) is 37.1 Å². The van der Waals surface area contributed by atoms with Crippen LogP contribution in [0.1, 0.15) is 25.0 Å². The summed E-state index contributed by atoms with van der Waals surface area (Å²) in [6.45, 7) is 0.305. The van der Waals surface area contributed by atoms with Crippen LogP contribution in [0.25, 0.3) is 0 Å². The number of nitrogens with zero attached hydrogens (tertiary/aromatic N) is 1. The Kier molecular flexibility index (Phi) is 8.17. The number of hydrogen-bond acceptors (Lipinski definition) is 5. The Morgan fingerprint density at radius 1 is 1.10 bits per heavy atom. The van der Waals surface area contributed by atoms with Crippen LogP contribution in [-0.4, -0.2) is 53.4 Å². The molecule has 8 nitrogen and oxygen atoms in total. The Morgan fingerprint density at radius 3 is 2.63 bits per heavy atom. The van der Waals surface area contributed by atoms with Crippen LogP contribution in [0, 0.1) is 0 Å². The predicted octanol–water partition coefficient (Wildman–Crippen LogP) is 1.86. The van der Waals surface area contributed by atoms with Crippen LogP contribution in [0.2, 0.25) is 0 Å². The lowest BCUT2D eigenvalue weighted by molar-refractivity contribution is -0.121. The average molecular weight is 412 g/mol. The fourth-order valence-electron chi connectivity index (χ4n) is 3.47. The van der Waals surface area contributed by atoms with Crippen LogP contribution in [0.3, 0.4) is 0 Å². The molecule has 0 aliphatic carbocycles. The quantitative estimate of drug-likeness (QED) is 0.529. The Balaban J connectivity index is 1.38. The molecule has 1 aliphatic rings. The van der Waals surface area contributed by atoms with Crippen molar-refractivity contribution in [2.75, 3.05) is 18.5 Å². The van der Waals surface area contributed by atoms with Gasteiger partial charge in [-0.15, -0.1) is 0 Å². The Morgan fingerprint density at radius 2 is 1.90 bits per heavy atom. The van der Waals surface area contributed by atoms with Crippen molar-refractivity contribution in [3.63, 3.8) is 0 Å². The number of para-hydroxylation sites is 1. The third kappa shape index (κ3) is 6.82. The summed E-state index contributed by atoms with van der Waals surface area (Å²) in [7, 11) is 0. The van der Waals surface area contributed by atoms with Crippen molar-refractivity contribution in [1.82, 2.24) is 15.6 Å². The molecule has 8 heteroatoms. The number of amides is 3. The molecule has 0 radical (unpaired) electrons. The van der Waals surface area contributed by atoms with E-state index in [1.165, 1.54) is 0 Å². The monoisotopic (exact) mass is 412 g/mol. The van der Waals surface area contributed by atoms with E-state index in [1.54, 1.807) is 18.3 Å². The first-order chi connectivity index (χ1) is 14.6. The summed E-state index contributed by atoms with van der Waals surface area (Å²) in [6.07, 6.45) is 3.43. The number of aliphatic hydroxyl groups is 1. The highest BCUT2D eigenvalue weighted by atomic mass is 16.5. The highest BCUT2D eigenvalue weighted by Crippen LogP contribution is 2.22. The number of anilines is 1. The molecule has 2 aromatic rings. The molecule has 1 aromatic carbocycles. The first-order valence-corrected chi connectivity index (χ1v) is 10.2. The van der Waals surface area contributed by atoms with Gasteiger partial charge in [-0.3, -0.25) is 9.78 Å². The number of ether oxygens (including phenoxy) is 1. The van der Waals surface area contributed by atoms with E-state index in [9.17, 15) is 14.7 Å². The molecule has 3 atom stereocenters. The van der Waals surface area contributed by atoms with Crippen LogP contribution in [0.4, 0.5) is 10.5 Å². The van der Waals surface area contributed by atoms with Crippen molar-refractivity contribution in [2.45, 2.75) is 43.9 Å². The zero-order chi connectivity index (χ0) is 21.2. The van der Waals surface area contributed by atoms with Crippen molar-refractivity contribution in [2.24, 2.45) is 0 Å². The van der Waals surface area contributed by atoms with E-state index in [0.29, 0.717) is 25.1 Å². The van der Waals surface area contributed by atoms with Gasteiger partial charge in [0.1, 0.15) is 6.10 Å². The first-order valence-electron chi connectivity index (χ1n) is 10.2. The fourth-order valence-corrected chi connectivity index (χ4v) is 3.47. The number of pyridine rings is 1. The summed E-state index contributed by atoms with van der Waals surface area (Å²) in [5, 5.41) is 18.2. The van der Waals surface area contributed by atoms with E-state index >= 15 is 0 Å². The summed E-state index contributed by atoms with van der Waals surface area (Å²) in [5.74, 6) is -0.0830. The first kappa shape index (κ1) is 21.7. The number of carbonyl (C=O) groups excluding carboxylic acids is 2. The predicted molar refractivity (Wildman–Crippen MR) is 113 cm³/mol. The van der Waals surface area contributed by atoms with Gasteiger partial charge in [0.05, 0.1) is 25.2 Å². The highest BCUT2D eigenvalue weighted by Gasteiger charge is 2.31. The molecule has 1 aliphatic heterocycles. The second kappa shape index (κ2) is 11.3. The van der Waals surface area contributed by atoms with E-state index < -0.39 is 6.10 Å². The highest BCUT2D eigenvalue weighted by molar-refractivity contribution is 5.89. The van der Waals surface area contributed by atoms with Crippen molar-refractivity contribution >= 4 is 17.6 Å². The van der Waals surface area contributed by atoms with Gasteiger partial charge >= 0.3 is 6.03 Å². The summed E-state index contributed by atoms with van der Waals surface area (Å²) in [6, 6.07) is 14.1. The molecule has 0 unspecified atom stereocenters. The van der Waals surface area contributed by atoms with Crippen LogP contribution in [0.15, 0.2) is 54.7 Å². The van der Waals surface area contributed by atoms with Gasteiger partial charge in [0.2, 0.25) is 5.91 Å². The fraction of sp³-hybridized carbons (Fsp3) is 0.409. The summed E-state index contributed by atoms with van der Waals surface area (Å²) < 4.78 is 5.94. The SMILES string of the molecule is O=C(Cc1ccccn1)NCC[C@H]1CC[C@@H](NC(=O)Nc2ccccc2)[C@H](CO)O1. The van der Waals surface area contributed by atoms with Gasteiger partial charge in [0.25, 0.3) is 0 Å². The van der Waals surface area contributed by atoms with Crippen LogP contribution in [0.5, 0.6) is 0 Å². The molecule has 160 valence electrons. The molecule has 3 rings (SSSR count). The van der Waals surface area contributed by atoms with E-state index in [0.717, 1.165) is 12.1 Å². The maximum atomic E-state index is 12.2. The van der Waals surface area contributed by atoms with Crippen molar-refractivity contribution < 1.29 is 19.4 Å². The summed E-state index contributed by atoms with van der Waals surface area (Å²) in [4.78, 5) is 28.4. The number of carbonyl (C=O) groups is 2. The van der Waals surface area contributed by atoms with Gasteiger partial charge < -0.3 is 25.8 Å². The number of hydrogen-bond donors (Lipinski definition) is 4. The smallest absolute Gasteiger partial charge is 0.319 e. The number of urea groups is 1. The van der Waals surface area contributed by atoms with Crippen molar-refractivity contribution in [1.29, 1.82) is 0 Å². The molecule has 2 heterocycles. The zero-order valence-corrected chi connectivity index (χ0v) is 16.8. The van der Waals surface area contributed by atoms with E-state index in [4.69, 9.17) is 4.74 Å². The molecule has 0 spiro atoms. The van der Waals surface area contributed by atoms with Gasteiger partial charge in [-0.25, -0.2) is 4.79 Å². The maximum Gasteiger partial charge on any atom is 0.319 e. The average Bonchev–Trinajstić information content (AvgIpc) is 2.76. The van der Waals surface area contributed by atoms with E-state index in [2.05, 4.69) is 20.9 Å². The molecule has 4 N–H and O–H groups in total. The van der Waals surface area contributed by atoms with Crippen molar-refractivity contribution in [3.8, 4) is 0 Å². The number of benzene rings is 1. The molecule has 0 saturated carbocycles.